The smallest absolute Gasteiger partial charge is 0.305 e. The van der Waals surface area contributed by atoms with Crippen molar-refractivity contribution in [3.8, 4) is 0 Å². The molecule has 2 aromatic rings. The van der Waals surface area contributed by atoms with E-state index in [1.165, 1.54) is 31.1 Å². The molecule has 1 fully saturated rings. The number of methoxy groups -OCH3 is 1. The number of carbonyl (C=O) groups excluding carboxylic acids is 1. The van der Waals surface area contributed by atoms with Crippen molar-refractivity contribution in [1.29, 1.82) is 0 Å². The van der Waals surface area contributed by atoms with Gasteiger partial charge in [-0.1, -0.05) is 60.7 Å². The number of hydrogen-bond donors (Lipinski definition) is 1. The van der Waals surface area contributed by atoms with Crippen molar-refractivity contribution < 1.29 is 9.53 Å². The molecule has 1 aliphatic heterocycles. The number of rotatable bonds is 6. The molecule has 1 heterocycles. The van der Waals surface area contributed by atoms with Gasteiger partial charge in [0.25, 0.3) is 0 Å². The topological polar surface area (TPSA) is 38.3 Å². The first-order valence-corrected chi connectivity index (χ1v) is 9.39. The van der Waals surface area contributed by atoms with Gasteiger partial charge in [0.05, 0.1) is 7.11 Å². The van der Waals surface area contributed by atoms with Crippen LogP contribution in [-0.4, -0.2) is 26.2 Å². The second kappa shape index (κ2) is 9.35. The van der Waals surface area contributed by atoms with Gasteiger partial charge < -0.3 is 10.1 Å². The van der Waals surface area contributed by atoms with Crippen LogP contribution >= 0.6 is 0 Å². The van der Waals surface area contributed by atoms with Crippen molar-refractivity contribution in [2.75, 3.05) is 20.2 Å². The minimum Gasteiger partial charge on any atom is -0.469 e. The Morgan fingerprint density at radius 1 is 1.00 bits per heavy atom. The summed E-state index contributed by atoms with van der Waals surface area (Å²) in [4.78, 5) is 11.2. The van der Waals surface area contributed by atoms with Crippen molar-refractivity contribution in [2.24, 2.45) is 0 Å². The summed E-state index contributed by atoms with van der Waals surface area (Å²) >= 11 is 0. The first kappa shape index (κ1) is 18.4. The Morgan fingerprint density at radius 2 is 1.58 bits per heavy atom. The van der Waals surface area contributed by atoms with Crippen molar-refractivity contribution in [2.45, 2.75) is 31.6 Å². The fourth-order valence-corrected chi connectivity index (χ4v) is 3.37. The van der Waals surface area contributed by atoms with Gasteiger partial charge in [-0.15, -0.1) is 0 Å². The Kier molecular flexibility index (Phi) is 6.62. The standard InChI is InChI=1S/C23H27NO2/c1-26-23(25)13-10-19-5-2-18(3-6-19)4-7-20-8-11-21(12-9-20)22-14-16-24-17-15-22/h2-9,11-12,22,24H,10,13-17H2,1H3. The first-order chi connectivity index (χ1) is 12.7. The Morgan fingerprint density at radius 3 is 2.15 bits per heavy atom. The van der Waals surface area contributed by atoms with Crippen molar-refractivity contribution in [1.82, 2.24) is 5.32 Å². The van der Waals surface area contributed by atoms with Crippen molar-refractivity contribution in [3.05, 3.63) is 70.8 Å². The second-order valence-electron chi connectivity index (χ2n) is 6.84. The molecule has 136 valence electrons. The van der Waals surface area contributed by atoms with Gasteiger partial charge in [0, 0.05) is 6.42 Å². The van der Waals surface area contributed by atoms with Gasteiger partial charge in [0.1, 0.15) is 0 Å². The van der Waals surface area contributed by atoms with Crippen LogP contribution in [0.3, 0.4) is 0 Å². The molecule has 0 aromatic heterocycles. The Labute approximate surface area is 156 Å². The molecule has 0 bridgehead atoms. The van der Waals surface area contributed by atoms with Gasteiger partial charge in [-0.3, -0.25) is 4.79 Å². The molecule has 3 rings (SSSR count). The summed E-state index contributed by atoms with van der Waals surface area (Å²) in [5.41, 5.74) is 4.99. The van der Waals surface area contributed by atoms with Crippen LogP contribution in [0.1, 0.15) is 47.4 Å². The molecule has 0 spiro atoms. The van der Waals surface area contributed by atoms with Crippen LogP contribution in [0.2, 0.25) is 0 Å². The molecule has 0 unspecified atom stereocenters. The highest BCUT2D eigenvalue weighted by Crippen LogP contribution is 2.25. The van der Waals surface area contributed by atoms with E-state index in [-0.39, 0.29) is 5.97 Å². The van der Waals surface area contributed by atoms with E-state index in [4.69, 9.17) is 0 Å². The minimum absolute atomic E-state index is 0.165. The molecule has 0 radical (unpaired) electrons. The van der Waals surface area contributed by atoms with E-state index in [9.17, 15) is 4.79 Å². The average Bonchev–Trinajstić information content (AvgIpc) is 2.72. The predicted molar refractivity (Wildman–Crippen MR) is 107 cm³/mol. The van der Waals surface area contributed by atoms with Crippen LogP contribution in [0.25, 0.3) is 12.2 Å². The summed E-state index contributed by atoms with van der Waals surface area (Å²) in [6.07, 6.45) is 7.89. The van der Waals surface area contributed by atoms with Gasteiger partial charge in [-0.2, -0.15) is 0 Å². The van der Waals surface area contributed by atoms with Crippen LogP contribution in [-0.2, 0) is 16.0 Å². The van der Waals surface area contributed by atoms with E-state index < -0.39 is 0 Å². The van der Waals surface area contributed by atoms with E-state index >= 15 is 0 Å². The molecule has 3 nitrogen and oxygen atoms in total. The Balaban J connectivity index is 1.56. The summed E-state index contributed by atoms with van der Waals surface area (Å²) in [6, 6.07) is 17.3. The molecule has 1 aliphatic rings. The Bertz CT molecular complexity index is 726. The molecule has 0 saturated carbocycles. The number of esters is 1. The molecule has 0 aliphatic carbocycles. The number of nitrogens with one attached hydrogen (secondary N) is 1. The molecule has 26 heavy (non-hydrogen) atoms. The quantitative estimate of drug-likeness (QED) is 0.619. The molecule has 1 saturated heterocycles. The molecule has 1 N–H and O–H groups in total. The van der Waals surface area contributed by atoms with E-state index in [2.05, 4.69) is 70.7 Å². The lowest BCUT2D eigenvalue weighted by Gasteiger charge is -2.22. The second-order valence-corrected chi connectivity index (χ2v) is 6.84. The van der Waals surface area contributed by atoms with Crippen LogP contribution < -0.4 is 5.32 Å². The predicted octanol–water partition coefficient (Wildman–Crippen LogP) is 4.43. The van der Waals surface area contributed by atoms with Crippen LogP contribution in [0.4, 0.5) is 0 Å². The molecule has 3 heteroatoms. The van der Waals surface area contributed by atoms with Gasteiger partial charge in [-0.25, -0.2) is 0 Å². The lowest BCUT2D eigenvalue weighted by atomic mass is 9.90. The zero-order chi connectivity index (χ0) is 18.2. The van der Waals surface area contributed by atoms with Crippen LogP contribution in [0.15, 0.2) is 48.5 Å². The summed E-state index contributed by atoms with van der Waals surface area (Å²) in [6.45, 7) is 2.25. The number of benzene rings is 2. The highest BCUT2D eigenvalue weighted by atomic mass is 16.5. The first-order valence-electron chi connectivity index (χ1n) is 9.39. The normalized spacial score (nSPS) is 15.3. The minimum atomic E-state index is -0.165. The lowest BCUT2D eigenvalue weighted by molar-refractivity contribution is -0.140. The Hall–Kier alpha value is -2.39. The van der Waals surface area contributed by atoms with E-state index in [1.807, 2.05) is 0 Å². The maximum absolute atomic E-state index is 11.2. The zero-order valence-electron chi connectivity index (χ0n) is 15.4. The SMILES string of the molecule is COC(=O)CCc1ccc(C=Cc2ccc(C3CCNCC3)cc2)cc1. The highest BCUT2D eigenvalue weighted by molar-refractivity contribution is 5.70. The molecular formula is C23H27NO2. The maximum atomic E-state index is 11.2. The van der Waals surface area contributed by atoms with Crippen LogP contribution in [0, 0.1) is 0 Å². The third kappa shape index (κ3) is 5.30. The fraction of sp³-hybridized carbons (Fsp3) is 0.348. The summed E-state index contributed by atoms with van der Waals surface area (Å²) in [7, 11) is 1.43. The number of carbonyl (C=O) groups is 1. The summed E-state index contributed by atoms with van der Waals surface area (Å²) in [5.74, 6) is 0.536. The summed E-state index contributed by atoms with van der Waals surface area (Å²) in [5, 5.41) is 3.42. The largest absolute Gasteiger partial charge is 0.469 e. The third-order valence-electron chi connectivity index (χ3n) is 5.04. The fourth-order valence-electron chi connectivity index (χ4n) is 3.37. The van der Waals surface area contributed by atoms with E-state index in [0.29, 0.717) is 12.3 Å². The monoisotopic (exact) mass is 349 g/mol. The molecule has 0 amide bonds. The third-order valence-corrected chi connectivity index (χ3v) is 5.04. The number of hydrogen-bond acceptors (Lipinski definition) is 3. The van der Waals surface area contributed by atoms with Gasteiger partial charge in [-0.05, 0) is 60.5 Å². The van der Waals surface area contributed by atoms with Crippen LogP contribution in [0.5, 0.6) is 0 Å². The van der Waals surface area contributed by atoms with Gasteiger partial charge >= 0.3 is 5.97 Å². The maximum Gasteiger partial charge on any atom is 0.305 e. The summed E-state index contributed by atoms with van der Waals surface area (Å²) < 4.78 is 4.68. The van der Waals surface area contributed by atoms with Crippen molar-refractivity contribution >= 4 is 18.1 Å². The van der Waals surface area contributed by atoms with E-state index in [0.717, 1.165) is 30.6 Å². The molecule has 2 aromatic carbocycles. The van der Waals surface area contributed by atoms with E-state index in [1.54, 1.807) is 0 Å². The number of aryl methyl sites for hydroxylation is 1. The zero-order valence-corrected chi connectivity index (χ0v) is 15.4. The average molecular weight is 349 g/mol. The molecule has 0 atom stereocenters. The highest BCUT2D eigenvalue weighted by Gasteiger charge is 2.14. The lowest BCUT2D eigenvalue weighted by Crippen LogP contribution is -2.26. The number of ether oxygens (including phenoxy) is 1. The van der Waals surface area contributed by atoms with Gasteiger partial charge in [0.15, 0.2) is 0 Å². The number of piperidine rings is 1. The molecular weight excluding hydrogens is 322 g/mol. The van der Waals surface area contributed by atoms with Crippen molar-refractivity contribution in [3.63, 3.8) is 0 Å². The van der Waals surface area contributed by atoms with Gasteiger partial charge in [0.2, 0.25) is 0 Å².